The average Bonchev–Trinajstić information content (AvgIpc) is 2.45. The molecule has 0 amide bonds. The van der Waals surface area contributed by atoms with Gasteiger partial charge in [-0.05, 0) is 65.9 Å². The van der Waals surface area contributed by atoms with Crippen LogP contribution in [0.5, 0.6) is 0 Å². The van der Waals surface area contributed by atoms with Gasteiger partial charge in [-0.25, -0.2) is 0 Å². The van der Waals surface area contributed by atoms with E-state index in [2.05, 4.69) is 67.0 Å². The summed E-state index contributed by atoms with van der Waals surface area (Å²) in [6.07, 6.45) is 6.96. The van der Waals surface area contributed by atoms with Gasteiger partial charge < -0.3 is 5.32 Å². The first-order chi connectivity index (χ1) is 9.19. The molecule has 1 nitrogen and oxygen atoms in total. The van der Waals surface area contributed by atoms with Crippen molar-refractivity contribution in [2.24, 2.45) is 11.8 Å². The molecule has 106 valence electrons. The summed E-state index contributed by atoms with van der Waals surface area (Å²) in [4.78, 5) is 0. The quantitative estimate of drug-likeness (QED) is 0.728. The van der Waals surface area contributed by atoms with Crippen molar-refractivity contribution in [1.29, 1.82) is 0 Å². The standard InChI is InChI=1S/C17H26IN/c1-4-13-9-5-6-10-14(13)17(19-3)15-11-7-8-12(2)16(15)18/h7-8,11,13-14,17,19H,4-6,9-10H2,1-3H3. The molecule has 0 aromatic heterocycles. The third-order valence-electron chi connectivity index (χ3n) is 4.79. The molecule has 2 heteroatoms. The van der Waals surface area contributed by atoms with Gasteiger partial charge in [0.05, 0.1) is 0 Å². The molecule has 1 aliphatic carbocycles. The molecule has 1 saturated carbocycles. The lowest BCUT2D eigenvalue weighted by Gasteiger charge is -2.37. The number of halogens is 1. The summed E-state index contributed by atoms with van der Waals surface area (Å²) in [7, 11) is 2.13. The van der Waals surface area contributed by atoms with E-state index >= 15 is 0 Å². The summed E-state index contributed by atoms with van der Waals surface area (Å²) in [5.74, 6) is 1.70. The van der Waals surface area contributed by atoms with E-state index in [0.29, 0.717) is 6.04 Å². The maximum Gasteiger partial charge on any atom is 0.0359 e. The van der Waals surface area contributed by atoms with Gasteiger partial charge in [-0.15, -0.1) is 0 Å². The summed E-state index contributed by atoms with van der Waals surface area (Å²) in [5, 5.41) is 3.62. The van der Waals surface area contributed by atoms with Gasteiger partial charge in [-0.2, -0.15) is 0 Å². The van der Waals surface area contributed by atoms with Gasteiger partial charge in [0.2, 0.25) is 0 Å². The highest BCUT2D eigenvalue weighted by Gasteiger charge is 2.31. The van der Waals surface area contributed by atoms with Crippen molar-refractivity contribution in [2.45, 2.75) is 52.0 Å². The van der Waals surface area contributed by atoms with Gasteiger partial charge in [0, 0.05) is 9.61 Å². The Morgan fingerprint density at radius 3 is 2.74 bits per heavy atom. The minimum Gasteiger partial charge on any atom is -0.313 e. The van der Waals surface area contributed by atoms with Crippen LogP contribution in [-0.2, 0) is 0 Å². The van der Waals surface area contributed by atoms with Crippen molar-refractivity contribution in [3.05, 3.63) is 32.9 Å². The number of nitrogens with one attached hydrogen (secondary N) is 1. The summed E-state index contributed by atoms with van der Waals surface area (Å²) >= 11 is 2.52. The van der Waals surface area contributed by atoms with Crippen LogP contribution in [-0.4, -0.2) is 7.05 Å². The van der Waals surface area contributed by atoms with E-state index in [4.69, 9.17) is 0 Å². The molecule has 19 heavy (non-hydrogen) atoms. The molecule has 0 aliphatic heterocycles. The van der Waals surface area contributed by atoms with Gasteiger partial charge in [0.15, 0.2) is 0 Å². The molecule has 1 N–H and O–H groups in total. The van der Waals surface area contributed by atoms with Gasteiger partial charge in [0.25, 0.3) is 0 Å². The molecule has 1 aliphatic rings. The summed E-state index contributed by atoms with van der Waals surface area (Å²) < 4.78 is 1.44. The van der Waals surface area contributed by atoms with Crippen molar-refractivity contribution < 1.29 is 0 Å². The van der Waals surface area contributed by atoms with E-state index < -0.39 is 0 Å². The van der Waals surface area contributed by atoms with Crippen molar-refractivity contribution >= 4 is 22.6 Å². The summed E-state index contributed by atoms with van der Waals surface area (Å²) in [6, 6.07) is 7.27. The monoisotopic (exact) mass is 371 g/mol. The molecule has 2 rings (SSSR count). The zero-order valence-corrected chi connectivity index (χ0v) is 14.5. The molecule has 3 unspecified atom stereocenters. The van der Waals surface area contributed by atoms with Crippen LogP contribution in [0.3, 0.4) is 0 Å². The zero-order valence-electron chi connectivity index (χ0n) is 12.4. The Kier molecular flexibility index (Phi) is 5.70. The highest BCUT2D eigenvalue weighted by atomic mass is 127. The lowest BCUT2D eigenvalue weighted by molar-refractivity contribution is 0.180. The third-order valence-corrected chi connectivity index (χ3v) is 6.26. The second kappa shape index (κ2) is 7.07. The van der Waals surface area contributed by atoms with E-state index in [9.17, 15) is 0 Å². The van der Waals surface area contributed by atoms with Gasteiger partial charge in [-0.3, -0.25) is 0 Å². The van der Waals surface area contributed by atoms with Crippen LogP contribution in [0, 0.1) is 22.3 Å². The van der Waals surface area contributed by atoms with E-state index in [1.165, 1.54) is 46.8 Å². The molecule has 0 bridgehead atoms. The summed E-state index contributed by atoms with van der Waals surface area (Å²) in [6.45, 7) is 4.58. The van der Waals surface area contributed by atoms with Crippen molar-refractivity contribution in [3.63, 3.8) is 0 Å². The molecule has 1 aromatic carbocycles. The van der Waals surface area contributed by atoms with Gasteiger partial charge in [0.1, 0.15) is 0 Å². The molecule has 0 heterocycles. The van der Waals surface area contributed by atoms with Crippen molar-refractivity contribution in [2.75, 3.05) is 7.05 Å². The Morgan fingerprint density at radius 1 is 1.32 bits per heavy atom. The minimum atomic E-state index is 0.525. The maximum absolute atomic E-state index is 3.62. The second-order valence-corrected chi connectivity index (χ2v) is 6.94. The predicted octanol–water partition coefficient (Wildman–Crippen LogP) is 5.08. The Balaban J connectivity index is 2.30. The molecule has 0 spiro atoms. The molecule has 0 saturated heterocycles. The normalized spacial score (nSPS) is 25.3. The van der Waals surface area contributed by atoms with Crippen LogP contribution in [0.4, 0.5) is 0 Å². The number of aryl methyl sites for hydroxylation is 1. The largest absolute Gasteiger partial charge is 0.313 e. The SMILES string of the molecule is CCC1CCCCC1C(NC)c1cccc(C)c1I. The van der Waals surface area contributed by atoms with Crippen LogP contribution in [0.1, 0.15) is 56.2 Å². The molecule has 0 radical (unpaired) electrons. The fraction of sp³-hybridized carbons (Fsp3) is 0.647. The molecule has 1 aromatic rings. The maximum atomic E-state index is 3.62. The van der Waals surface area contributed by atoms with E-state index in [0.717, 1.165) is 11.8 Å². The highest BCUT2D eigenvalue weighted by molar-refractivity contribution is 14.1. The highest BCUT2D eigenvalue weighted by Crippen LogP contribution is 2.41. The van der Waals surface area contributed by atoms with Crippen molar-refractivity contribution in [3.8, 4) is 0 Å². The van der Waals surface area contributed by atoms with Crippen molar-refractivity contribution in [1.82, 2.24) is 5.32 Å². The van der Waals surface area contributed by atoms with E-state index in [-0.39, 0.29) is 0 Å². The van der Waals surface area contributed by atoms with Crippen LogP contribution in [0.25, 0.3) is 0 Å². The minimum absolute atomic E-state index is 0.525. The summed E-state index contributed by atoms with van der Waals surface area (Å²) in [5.41, 5.74) is 2.91. The van der Waals surface area contributed by atoms with E-state index in [1.807, 2.05) is 0 Å². The third kappa shape index (κ3) is 3.33. The first kappa shape index (κ1) is 15.3. The van der Waals surface area contributed by atoms with Crippen LogP contribution in [0.15, 0.2) is 18.2 Å². The Bertz CT molecular complexity index is 416. The van der Waals surface area contributed by atoms with Crippen LogP contribution in [0.2, 0.25) is 0 Å². The smallest absolute Gasteiger partial charge is 0.0359 e. The average molecular weight is 371 g/mol. The molecular weight excluding hydrogens is 345 g/mol. The fourth-order valence-corrected chi connectivity index (χ4v) is 4.39. The van der Waals surface area contributed by atoms with Crippen LogP contribution < -0.4 is 5.32 Å². The predicted molar refractivity (Wildman–Crippen MR) is 91.4 cm³/mol. The number of hydrogen-bond donors (Lipinski definition) is 1. The van der Waals surface area contributed by atoms with Gasteiger partial charge >= 0.3 is 0 Å². The Labute approximate surface area is 131 Å². The number of rotatable bonds is 4. The fourth-order valence-electron chi connectivity index (χ4n) is 3.69. The second-order valence-electron chi connectivity index (χ2n) is 5.86. The van der Waals surface area contributed by atoms with Gasteiger partial charge in [-0.1, -0.05) is 50.8 Å². The van der Waals surface area contributed by atoms with Crippen LogP contribution >= 0.6 is 22.6 Å². The number of benzene rings is 1. The number of hydrogen-bond acceptors (Lipinski definition) is 1. The Hall–Kier alpha value is -0.0900. The topological polar surface area (TPSA) is 12.0 Å². The first-order valence-electron chi connectivity index (χ1n) is 7.61. The molecule has 3 atom stereocenters. The zero-order chi connectivity index (χ0) is 13.8. The Morgan fingerprint density at radius 2 is 2.05 bits per heavy atom. The molecular formula is C17H26IN. The lowest BCUT2D eigenvalue weighted by Crippen LogP contribution is -2.33. The lowest BCUT2D eigenvalue weighted by atomic mass is 9.72. The molecule has 1 fully saturated rings. The van der Waals surface area contributed by atoms with E-state index in [1.54, 1.807) is 0 Å². The first-order valence-corrected chi connectivity index (χ1v) is 8.69.